The molecule has 1 unspecified atom stereocenters. The average Bonchev–Trinajstić information content (AvgIpc) is 3.00. The smallest absolute Gasteiger partial charge is 0.140 e. The largest absolute Gasteiger partial charge is 0.327 e. The highest BCUT2D eigenvalue weighted by atomic mass is 32.2. The Hall–Kier alpha value is -1.98. The Bertz CT molecular complexity index is 969. The van der Waals surface area contributed by atoms with Gasteiger partial charge < -0.3 is 9.88 Å². The first kappa shape index (κ1) is 17.4. The van der Waals surface area contributed by atoms with Crippen LogP contribution in [-0.4, -0.2) is 33.1 Å². The molecule has 0 bridgehead atoms. The van der Waals surface area contributed by atoms with Gasteiger partial charge in [0.2, 0.25) is 0 Å². The fourth-order valence-electron chi connectivity index (χ4n) is 4.14. The second kappa shape index (κ2) is 6.97. The number of aromatic nitrogens is 2. The normalized spacial score (nSPS) is 16.9. The predicted octanol–water partition coefficient (Wildman–Crippen LogP) is 3.75. The van der Waals surface area contributed by atoms with Gasteiger partial charge in [-0.1, -0.05) is 18.2 Å². The molecule has 26 heavy (non-hydrogen) atoms. The summed E-state index contributed by atoms with van der Waals surface area (Å²) in [5.41, 5.74) is 6.13. The summed E-state index contributed by atoms with van der Waals surface area (Å²) in [7, 11) is 1.14. The van der Waals surface area contributed by atoms with Crippen LogP contribution in [0.5, 0.6) is 0 Å². The molecule has 0 saturated carbocycles. The predicted molar refractivity (Wildman–Crippen MR) is 108 cm³/mol. The number of rotatable bonds is 3. The first-order chi connectivity index (χ1) is 12.6. The van der Waals surface area contributed by atoms with E-state index < -0.39 is 10.8 Å². The quantitative estimate of drug-likeness (QED) is 0.767. The summed E-state index contributed by atoms with van der Waals surface area (Å²) in [6.07, 6.45) is 4.11. The Morgan fingerprint density at radius 1 is 1.12 bits per heavy atom. The van der Waals surface area contributed by atoms with Gasteiger partial charge in [-0.15, -0.1) is 0 Å². The van der Waals surface area contributed by atoms with Crippen LogP contribution in [0, 0.1) is 6.92 Å². The van der Waals surface area contributed by atoms with E-state index in [1.807, 2.05) is 24.3 Å². The van der Waals surface area contributed by atoms with Crippen LogP contribution in [0.1, 0.15) is 29.9 Å². The Balaban J connectivity index is 1.79. The van der Waals surface area contributed by atoms with Gasteiger partial charge in [0.1, 0.15) is 5.82 Å². The van der Waals surface area contributed by atoms with E-state index in [1.54, 1.807) is 6.26 Å². The zero-order valence-electron chi connectivity index (χ0n) is 15.6. The molecule has 1 aliphatic heterocycles. The molecular weight excluding hydrogens is 342 g/mol. The third-order valence-corrected chi connectivity index (χ3v) is 6.49. The van der Waals surface area contributed by atoms with Gasteiger partial charge in [-0.2, -0.15) is 0 Å². The SMILES string of the molecule is Cc1c(C2CCNCC2)ccc2nc(-c3ccc(S(C)=O)cc3)n(C)c12. The fraction of sp³-hybridized carbons (Fsp3) is 0.381. The number of benzene rings is 2. The van der Waals surface area contributed by atoms with Gasteiger partial charge in [0.05, 0.1) is 11.0 Å². The average molecular weight is 368 g/mol. The van der Waals surface area contributed by atoms with Crippen LogP contribution < -0.4 is 5.32 Å². The topological polar surface area (TPSA) is 46.9 Å². The molecule has 1 N–H and O–H groups in total. The van der Waals surface area contributed by atoms with Gasteiger partial charge >= 0.3 is 0 Å². The fourth-order valence-corrected chi connectivity index (χ4v) is 4.66. The molecule has 1 aromatic heterocycles. The van der Waals surface area contributed by atoms with E-state index in [0.717, 1.165) is 34.9 Å². The summed E-state index contributed by atoms with van der Waals surface area (Å²) in [4.78, 5) is 5.72. The first-order valence-corrected chi connectivity index (χ1v) is 10.7. The number of hydrogen-bond acceptors (Lipinski definition) is 3. The minimum Gasteiger partial charge on any atom is -0.327 e. The van der Waals surface area contributed by atoms with Gasteiger partial charge in [0, 0.05) is 34.6 Å². The zero-order chi connectivity index (χ0) is 18.3. The van der Waals surface area contributed by atoms with E-state index in [2.05, 4.69) is 36.0 Å². The summed E-state index contributed by atoms with van der Waals surface area (Å²) in [6, 6.07) is 12.3. The second-order valence-electron chi connectivity index (χ2n) is 7.14. The minimum absolute atomic E-state index is 0.637. The monoisotopic (exact) mass is 367 g/mol. The van der Waals surface area contributed by atoms with Crippen LogP contribution in [0.3, 0.4) is 0 Å². The molecule has 4 rings (SSSR count). The molecule has 5 heteroatoms. The number of nitrogens with one attached hydrogen (secondary N) is 1. The molecule has 136 valence electrons. The summed E-state index contributed by atoms with van der Waals surface area (Å²) in [5, 5.41) is 3.45. The maximum Gasteiger partial charge on any atom is 0.140 e. The summed E-state index contributed by atoms with van der Waals surface area (Å²) >= 11 is 0. The molecule has 1 atom stereocenters. The van der Waals surface area contributed by atoms with E-state index in [9.17, 15) is 4.21 Å². The molecular formula is C21H25N3OS. The van der Waals surface area contributed by atoms with Crippen LogP contribution in [-0.2, 0) is 17.8 Å². The highest BCUT2D eigenvalue weighted by molar-refractivity contribution is 7.84. The van der Waals surface area contributed by atoms with Crippen LogP contribution >= 0.6 is 0 Å². The first-order valence-electron chi connectivity index (χ1n) is 9.17. The molecule has 2 heterocycles. The summed E-state index contributed by atoms with van der Waals surface area (Å²) in [6.45, 7) is 4.43. The summed E-state index contributed by atoms with van der Waals surface area (Å²) in [5.74, 6) is 1.59. The third kappa shape index (κ3) is 2.99. The van der Waals surface area contributed by atoms with Crippen molar-refractivity contribution in [3.05, 3.63) is 47.5 Å². The lowest BCUT2D eigenvalue weighted by atomic mass is 9.87. The highest BCUT2D eigenvalue weighted by Crippen LogP contribution is 2.33. The standard InChI is InChI=1S/C21H25N3OS/c1-14-18(15-10-12-22-13-11-15)8-9-19-20(14)24(2)21(23-19)16-4-6-17(7-5-16)26(3)25/h4-9,15,22H,10-13H2,1-3H3. The van der Waals surface area contributed by atoms with Gasteiger partial charge in [0.15, 0.2) is 0 Å². The van der Waals surface area contributed by atoms with Crippen molar-refractivity contribution in [2.45, 2.75) is 30.6 Å². The van der Waals surface area contributed by atoms with Crippen molar-refractivity contribution in [1.82, 2.24) is 14.9 Å². The van der Waals surface area contributed by atoms with Crippen LogP contribution in [0.2, 0.25) is 0 Å². The summed E-state index contributed by atoms with van der Waals surface area (Å²) < 4.78 is 13.8. The minimum atomic E-state index is -0.956. The van der Waals surface area contributed by atoms with E-state index in [4.69, 9.17) is 4.98 Å². The van der Waals surface area contributed by atoms with Crippen molar-refractivity contribution in [3.8, 4) is 11.4 Å². The van der Waals surface area contributed by atoms with Gasteiger partial charge in [0.25, 0.3) is 0 Å². The van der Waals surface area contributed by atoms with Crippen molar-refractivity contribution in [2.24, 2.45) is 7.05 Å². The number of nitrogens with zero attached hydrogens (tertiary/aromatic N) is 2. The number of piperidine rings is 1. The van der Waals surface area contributed by atoms with E-state index >= 15 is 0 Å². The maximum atomic E-state index is 11.6. The van der Waals surface area contributed by atoms with E-state index in [0.29, 0.717) is 5.92 Å². The molecule has 0 spiro atoms. The molecule has 0 aliphatic carbocycles. The Kier molecular flexibility index (Phi) is 4.67. The lowest BCUT2D eigenvalue weighted by molar-refractivity contribution is 0.459. The van der Waals surface area contributed by atoms with E-state index in [1.165, 1.54) is 29.5 Å². The number of hydrogen-bond donors (Lipinski definition) is 1. The third-order valence-electron chi connectivity index (χ3n) is 5.55. The molecule has 0 amide bonds. The van der Waals surface area contributed by atoms with Crippen LogP contribution in [0.25, 0.3) is 22.4 Å². The van der Waals surface area contributed by atoms with Crippen molar-refractivity contribution in [2.75, 3.05) is 19.3 Å². The number of aryl methyl sites for hydroxylation is 2. The Morgan fingerprint density at radius 3 is 2.46 bits per heavy atom. The van der Waals surface area contributed by atoms with Crippen molar-refractivity contribution in [3.63, 3.8) is 0 Å². The molecule has 4 nitrogen and oxygen atoms in total. The molecule has 3 aromatic rings. The highest BCUT2D eigenvalue weighted by Gasteiger charge is 2.20. The second-order valence-corrected chi connectivity index (χ2v) is 8.52. The molecule has 1 aliphatic rings. The number of imidazole rings is 1. The van der Waals surface area contributed by atoms with Gasteiger partial charge in [-0.05, 0) is 68.1 Å². The lowest BCUT2D eigenvalue weighted by Gasteiger charge is -2.24. The van der Waals surface area contributed by atoms with E-state index in [-0.39, 0.29) is 0 Å². The Morgan fingerprint density at radius 2 is 1.81 bits per heavy atom. The molecule has 2 aromatic carbocycles. The molecule has 0 radical (unpaired) electrons. The molecule has 1 fully saturated rings. The zero-order valence-corrected chi connectivity index (χ0v) is 16.4. The molecule has 1 saturated heterocycles. The van der Waals surface area contributed by atoms with Crippen LogP contribution in [0.15, 0.2) is 41.3 Å². The number of fused-ring (bicyclic) bond motifs is 1. The van der Waals surface area contributed by atoms with Gasteiger partial charge in [-0.25, -0.2) is 4.98 Å². The van der Waals surface area contributed by atoms with Crippen molar-refractivity contribution in [1.29, 1.82) is 0 Å². The van der Waals surface area contributed by atoms with Crippen molar-refractivity contribution < 1.29 is 4.21 Å². The Labute approximate surface area is 157 Å². The van der Waals surface area contributed by atoms with Crippen LogP contribution in [0.4, 0.5) is 0 Å². The maximum absolute atomic E-state index is 11.6. The lowest BCUT2D eigenvalue weighted by Crippen LogP contribution is -2.27. The van der Waals surface area contributed by atoms with Gasteiger partial charge in [-0.3, -0.25) is 4.21 Å². The van der Waals surface area contributed by atoms with Crippen molar-refractivity contribution >= 4 is 21.8 Å².